The molecule has 0 aromatic rings. The van der Waals surface area contributed by atoms with Gasteiger partial charge in [-0.15, -0.1) is 0 Å². The van der Waals surface area contributed by atoms with Gasteiger partial charge in [-0.2, -0.15) is 0 Å². The summed E-state index contributed by atoms with van der Waals surface area (Å²) in [7, 11) is 0. The number of nitrogens with one attached hydrogen (secondary N) is 1. The molecule has 0 heterocycles. The van der Waals surface area contributed by atoms with E-state index in [0.717, 1.165) is 0 Å². The monoisotopic (exact) mass is 147 g/mol. The number of amides is 1. The van der Waals surface area contributed by atoms with Gasteiger partial charge in [-0.1, -0.05) is 6.92 Å². The SMILES string of the molecule is CC(C(=O)NO)C(C)(C)O. The molecule has 0 bridgehead atoms. The van der Waals surface area contributed by atoms with Gasteiger partial charge in [0.05, 0.1) is 11.5 Å². The minimum Gasteiger partial charge on any atom is -0.390 e. The zero-order valence-electron chi connectivity index (χ0n) is 6.38. The van der Waals surface area contributed by atoms with Gasteiger partial charge in [0.2, 0.25) is 5.91 Å². The van der Waals surface area contributed by atoms with Gasteiger partial charge in [0, 0.05) is 0 Å². The van der Waals surface area contributed by atoms with E-state index in [4.69, 9.17) is 5.21 Å². The minimum absolute atomic E-state index is 0.576. The Balaban J connectivity index is 4.08. The quantitative estimate of drug-likeness (QED) is 0.377. The number of carbonyl (C=O) groups is 1. The van der Waals surface area contributed by atoms with Gasteiger partial charge in [-0.05, 0) is 13.8 Å². The molecule has 4 heteroatoms. The van der Waals surface area contributed by atoms with Gasteiger partial charge in [0.1, 0.15) is 0 Å². The maximum atomic E-state index is 10.6. The van der Waals surface area contributed by atoms with Crippen LogP contribution < -0.4 is 5.48 Å². The van der Waals surface area contributed by atoms with Crippen molar-refractivity contribution in [3.63, 3.8) is 0 Å². The maximum absolute atomic E-state index is 10.6. The number of hydrogen-bond acceptors (Lipinski definition) is 3. The number of rotatable bonds is 2. The lowest BCUT2D eigenvalue weighted by atomic mass is 9.92. The second-order valence-corrected chi connectivity index (χ2v) is 2.85. The standard InChI is InChI=1S/C6H13NO3/c1-4(5(8)7-10)6(2,3)9/h4,9-10H,1-3H3,(H,7,8). The average molecular weight is 147 g/mol. The number of hydroxylamine groups is 1. The predicted octanol–water partition coefficient (Wildman–Crippen LogP) is -0.101. The first-order chi connectivity index (χ1) is 4.39. The van der Waals surface area contributed by atoms with Gasteiger partial charge < -0.3 is 5.11 Å². The third kappa shape index (κ3) is 2.33. The van der Waals surface area contributed by atoms with Crippen molar-refractivity contribution in [3.05, 3.63) is 0 Å². The Kier molecular flexibility index (Phi) is 2.80. The molecule has 60 valence electrons. The number of hydrogen-bond donors (Lipinski definition) is 3. The first kappa shape index (κ1) is 9.39. The summed E-state index contributed by atoms with van der Waals surface area (Å²) in [6.07, 6.45) is 0. The summed E-state index contributed by atoms with van der Waals surface area (Å²) in [6, 6.07) is 0. The highest BCUT2D eigenvalue weighted by Crippen LogP contribution is 2.14. The van der Waals surface area contributed by atoms with Crippen LogP contribution in [-0.4, -0.2) is 21.8 Å². The Morgan fingerprint density at radius 2 is 2.00 bits per heavy atom. The van der Waals surface area contributed by atoms with E-state index >= 15 is 0 Å². The van der Waals surface area contributed by atoms with E-state index in [0.29, 0.717) is 0 Å². The largest absolute Gasteiger partial charge is 0.390 e. The van der Waals surface area contributed by atoms with E-state index in [9.17, 15) is 9.90 Å². The van der Waals surface area contributed by atoms with Crippen LogP contribution in [0.25, 0.3) is 0 Å². The van der Waals surface area contributed by atoms with Gasteiger partial charge in [0.25, 0.3) is 0 Å². The van der Waals surface area contributed by atoms with Gasteiger partial charge in [0.15, 0.2) is 0 Å². The highest BCUT2D eigenvalue weighted by Gasteiger charge is 2.28. The van der Waals surface area contributed by atoms with Crippen molar-refractivity contribution in [2.75, 3.05) is 0 Å². The summed E-state index contributed by atoms with van der Waals surface area (Å²) >= 11 is 0. The molecule has 0 aromatic carbocycles. The highest BCUT2D eigenvalue weighted by molar-refractivity contribution is 5.78. The van der Waals surface area contributed by atoms with E-state index in [1.54, 1.807) is 0 Å². The highest BCUT2D eigenvalue weighted by atomic mass is 16.5. The van der Waals surface area contributed by atoms with Crippen LogP contribution >= 0.6 is 0 Å². The summed E-state index contributed by atoms with van der Waals surface area (Å²) in [5.41, 5.74) is 0.382. The Labute approximate surface area is 59.8 Å². The van der Waals surface area contributed by atoms with Crippen LogP contribution in [-0.2, 0) is 4.79 Å². The zero-order valence-corrected chi connectivity index (χ0v) is 6.38. The Morgan fingerprint density at radius 1 is 1.60 bits per heavy atom. The molecule has 0 rings (SSSR count). The molecule has 0 saturated heterocycles. The van der Waals surface area contributed by atoms with Crippen LogP contribution in [0.15, 0.2) is 0 Å². The fourth-order valence-electron chi connectivity index (χ4n) is 0.418. The normalized spacial score (nSPS) is 14.5. The van der Waals surface area contributed by atoms with E-state index in [2.05, 4.69) is 0 Å². The third-order valence-corrected chi connectivity index (χ3v) is 1.56. The molecule has 0 aromatic heterocycles. The fraction of sp³-hybridized carbons (Fsp3) is 0.833. The van der Waals surface area contributed by atoms with E-state index in [1.807, 2.05) is 0 Å². The molecule has 3 N–H and O–H groups in total. The summed E-state index contributed by atoms with van der Waals surface area (Å²) < 4.78 is 0. The zero-order chi connectivity index (χ0) is 8.36. The number of carbonyl (C=O) groups excluding carboxylic acids is 1. The van der Waals surface area contributed by atoms with Crippen LogP contribution in [0, 0.1) is 5.92 Å². The molecule has 1 amide bonds. The smallest absolute Gasteiger partial charge is 0.249 e. The molecule has 1 atom stereocenters. The molecule has 4 nitrogen and oxygen atoms in total. The molecule has 0 aliphatic carbocycles. The summed E-state index contributed by atoms with van der Waals surface area (Å²) in [4.78, 5) is 10.6. The second kappa shape index (κ2) is 2.98. The Morgan fingerprint density at radius 3 is 2.10 bits per heavy atom. The van der Waals surface area contributed by atoms with Crippen molar-refractivity contribution < 1.29 is 15.1 Å². The van der Waals surface area contributed by atoms with Crippen LogP contribution in [0.1, 0.15) is 20.8 Å². The molecule has 0 aliphatic rings. The van der Waals surface area contributed by atoms with Crippen LogP contribution in [0.5, 0.6) is 0 Å². The average Bonchev–Trinajstić information content (AvgIpc) is 1.83. The van der Waals surface area contributed by atoms with Gasteiger partial charge >= 0.3 is 0 Å². The van der Waals surface area contributed by atoms with Gasteiger partial charge in [-0.3, -0.25) is 10.0 Å². The molecule has 0 spiro atoms. The first-order valence-electron chi connectivity index (χ1n) is 3.06. The second-order valence-electron chi connectivity index (χ2n) is 2.85. The first-order valence-corrected chi connectivity index (χ1v) is 3.06. The summed E-state index contributed by atoms with van der Waals surface area (Å²) in [5, 5.41) is 17.4. The Bertz CT molecular complexity index is 127. The molecule has 0 fully saturated rings. The topological polar surface area (TPSA) is 69.6 Å². The molecular weight excluding hydrogens is 134 g/mol. The molecular formula is C6H13NO3. The van der Waals surface area contributed by atoms with Crippen LogP contribution in [0.2, 0.25) is 0 Å². The van der Waals surface area contributed by atoms with E-state index < -0.39 is 17.4 Å². The Hall–Kier alpha value is -0.610. The lowest BCUT2D eigenvalue weighted by molar-refractivity contribution is -0.139. The van der Waals surface area contributed by atoms with Crippen LogP contribution in [0.4, 0.5) is 0 Å². The summed E-state index contributed by atoms with van der Waals surface area (Å²) in [6.45, 7) is 4.55. The third-order valence-electron chi connectivity index (χ3n) is 1.56. The minimum atomic E-state index is -1.09. The molecule has 1 unspecified atom stereocenters. The van der Waals surface area contributed by atoms with Crippen molar-refractivity contribution in [2.45, 2.75) is 26.4 Å². The van der Waals surface area contributed by atoms with Crippen molar-refractivity contribution in [3.8, 4) is 0 Å². The van der Waals surface area contributed by atoms with E-state index in [-0.39, 0.29) is 0 Å². The molecule has 0 aliphatic heterocycles. The van der Waals surface area contributed by atoms with Crippen molar-refractivity contribution >= 4 is 5.91 Å². The summed E-state index contributed by atoms with van der Waals surface area (Å²) in [5.74, 6) is -1.19. The maximum Gasteiger partial charge on any atom is 0.249 e. The molecule has 0 saturated carbocycles. The van der Waals surface area contributed by atoms with Crippen molar-refractivity contribution in [1.82, 2.24) is 5.48 Å². The molecule has 0 radical (unpaired) electrons. The van der Waals surface area contributed by atoms with Gasteiger partial charge in [-0.25, -0.2) is 5.48 Å². The lowest BCUT2D eigenvalue weighted by Gasteiger charge is -2.23. The van der Waals surface area contributed by atoms with E-state index in [1.165, 1.54) is 26.3 Å². The van der Waals surface area contributed by atoms with Crippen molar-refractivity contribution in [2.24, 2.45) is 5.92 Å². The van der Waals surface area contributed by atoms with Crippen molar-refractivity contribution in [1.29, 1.82) is 0 Å². The number of aliphatic hydroxyl groups is 1. The molecule has 10 heavy (non-hydrogen) atoms. The lowest BCUT2D eigenvalue weighted by Crippen LogP contribution is -2.40. The fourth-order valence-corrected chi connectivity index (χ4v) is 0.418. The van der Waals surface area contributed by atoms with Crippen LogP contribution in [0.3, 0.4) is 0 Å². The predicted molar refractivity (Wildman–Crippen MR) is 35.4 cm³/mol.